The van der Waals surface area contributed by atoms with Crippen molar-refractivity contribution in [2.75, 3.05) is 37.0 Å². The number of nitrogens with zero attached hydrogens (tertiary/aromatic N) is 3. The number of hydrogen-bond donors (Lipinski definition) is 1. The molecule has 16 heavy (non-hydrogen) atoms. The molecule has 8 heteroatoms. The number of aromatic nitrogens is 2. The van der Waals surface area contributed by atoms with Crippen LogP contribution in [0.5, 0.6) is 0 Å². The molecule has 0 unspecified atom stereocenters. The monoisotopic (exact) mass is 262 g/mol. The Morgan fingerprint density at radius 2 is 2.06 bits per heavy atom. The van der Waals surface area contributed by atoms with Crippen LogP contribution in [0, 0.1) is 0 Å². The van der Waals surface area contributed by atoms with E-state index in [0.29, 0.717) is 19.6 Å². The van der Waals surface area contributed by atoms with Crippen LogP contribution in [0.15, 0.2) is 0 Å². The molecule has 0 radical (unpaired) electrons. The van der Waals surface area contributed by atoms with Crippen molar-refractivity contribution in [2.45, 2.75) is 6.54 Å². The maximum Gasteiger partial charge on any atom is 0.205 e. The Bertz CT molecular complexity index is 442. The molecule has 0 saturated carbocycles. The lowest BCUT2D eigenvalue weighted by Crippen LogP contribution is -2.39. The molecule has 1 aliphatic heterocycles. The van der Waals surface area contributed by atoms with Gasteiger partial charge in [0.1, 0.15) is 5.01 Å². The molecule has 0 amide bonds. The lowest BCUT2D eigenvalue weighted by Gasteiger charge is -2.25. The second kappa shape index (κ2) is 4.64. The molecule has 6 nitrogen and oxygen atoms in total. The van der Waals surface area contributed by atoms with Crippen LogP contribution < -0.4 is 5.32 Å². The van der Waals surface area contributed by atoms with Crippen molar-refractivity contribution in [3.05, 3.63) is 5.01 Å². The summed E-state index contributed by atoms with van der Waals surface area (Å²) >= 11 is 1.50. The standard InChI is InChI=1S/C8H14N4O2S2/c1-9-8-11-10-7(15-8)6-12-2-4-16(13,14)5-3-12/h2-6H2,1H3,(H,9,11). The van der Waals surface area contributed by atoms with E-state index >= 15 is 0 Å². The molecular weight excluding hydrogens is 248 g/mol. The van der Waals surface area contributed by atoms with Gasteiger partial charge in [-0.3, -0.25) is 4.90 Å². The van der Waals surface area contributed by atoms with E-state index in [4.69, 9.17) is 0 Å². The molecule has 1 saturated heterocycles. The van der Waals surface area contributed by atoms with Crippen molar-refractivity contribution in [3.8, 4) is 0 Å². The second-order valence-electron chi connectivity index (χ2n) is 3.68. The summed E-state index contributed by atoms with van der Waals surface area (Å²) < 4.78 is 22.5. The van der Waals surface area contributed by atoms with Gasteiger partial charge in [-0.15, -0.1) is 10.2 Å². The lowest BCUT2D eigenvalue weighted by atomic mass is 10.5. The van der Waals surface area contributed by atoms with Crippen LogP contribution in [0.25, 0.3) is 0 Å². The van der Waals surface area contributed by atoms with Crippen molar-refractivity contribution in [1.82, 2.24) is 15.1 Å². The molecule has 0 spiro atoms. The van der Waals surface area contributed by atoms with Crippen LogP contribution in [-0.4, -0.2) is 55.2 Å². The predicted molar refractivity (Wildman–Crippen MR) is 63.4 cm³/mol. The Morgan fingerprint density at radius 1 is 1.38 bits per heavy atom. The van der Waals surface area contributed by atoms with Gasteiger partial charge in [0.25, 0.3) is 0 Å². The van der Waals surface area contributed by atoms with E-state index in [2.05, 4.69) is 20.4 Å². The average molecular weight is 262 g/mol. The molecule has 90 valence electrons. The highest BCUT2D eigenvalue weighted by Gasteiger charge is 2.22. The maximum atomic E-state index is 11.2. The van der Waals surface area contributed by atoms with Gasteiger partial charge < -0.3 is 5.32 Å². The molecule has 0 aliphatic carbocycles. The number of rotatable bonds is 3. The molecule has 0 atom stereocenters. The fourth-order valence-corrected chi connectivity index (χ4v) is 3.53. The van der Waals surface area contributed by atoms with Gasteiger partial charge in [-0.05, 0) is 0 Å². The summed E-state index contributed by atoms with van der Waals surface area (Å²) in [5, 5.41) is 12.6. The highest BCUT2D eigenvalue weighted by atomic mass is 32.2. The summed E-state index contributed by atoms with van der Waals surface area (Å²) in [6, 6.07) is 0. The predicted octanol–water partition coefficient (Wildman–Crippen LogP) is -0.190. The number of sulfone groups is 1. The molecular formula is C8H14N4O2S2. The third kappa shape index (κ3) is 2.89. The number of hydrogen-bond acceptors (Lipinski definition) is 7. The summed E-state index contributed by atoms with van der Waals surface area (Å²) in [7, 11) is -0.991. The quantitative estimate of drug-likeness (QED) is 0.814. The molecule has 1 aromatic heterocycles. The first-order valence-electron chi connectivity index (χ1n) is 5.02. The summed E-state index contributed by atoms with van der Waals surface area (Å²) in [4.78, 5) is 2.10. The first-order chi connectivity index (χ1) is 7.59. The fraction of sp³-hybridized carbons (Fsp3) is 0.750. The Kier molecular flexibility index (Phi) is 3.41. The van der Waals surface area contributed by atoms with Crippen molar-refractivity contribution >= 4 is 26.3 Å². The largest absolute Gasteiger partial charge is 0.363 e. The summed E-state index contributed by atoms with van der Waals surface area (Å²) in [5.74, 6) is 0.509. The van der Waals surface area contributed by atoms with Crippen molar-refractivity contribution in [1.29, 1.82) is 0 Å². The topological polar surface area (TPSA) is 75.2 Å². The zero-order valence-corrected chi connectivity index (χ0v) is 10.6. The Hall–Kier alpha value is -0.730. The average Bonchev–Trinajstić information content (AvgIpc) is 2.69. The SMILES string of the molecule is CNc1nnc(CN2CCS(=O)(=O)CC2)s1. The van der Waals surface area contributed by atoms with Gasteiger partial charge in [0.05, 0.1) is 18.1 Å². The van der Waals surface area contributed by atoms with Crippen LogP contribution in [-0.2, 0) is 16.4 Å². The fourth-order valence-electron chi connectivity index (χ4n) is 1.52. The minimum absolute atomic E-state index is 0.255. The molecule has 1 fully saturated rings. The highest BCUT2D eigenvalue weighted by molar-refractivity contribution is 7.91. The summed E-state index contributed by atoms with van der Waals surface area (Å²) in [6.45, 7) is 1.88. The van der Waals surface area contributed by atoms with Crippen molar-refractivity contribution < 1.29 is 8.42 Å². The molecule has 1 aliphatic rings. The van der Waals surface area contributed by atoms with Gasteiger partial charge in [-0.1, -0.05) is 11.3 Å². The van der Waals surface area contributed by atoms with Gasteiger partial charge in [0.15, 0.2) is 9.84 Å². The van der Waals surface area contributed by atoms with Gasteiger partial charge in [-0.2, -0.15) is 0 Å². The third-order valence-electron chi connectivity index (χ3n) is 2.48. The van der Waals surface area contributed by atoms with E-state index in [1.165, 1.54) is 11.3 Å². The Balaban J connectivity index is 1.91. The summed E-state index contributed by atoms with van der Waals surface area (Å²) in [6.07, 6.45) is 0. The van der Waals surface area contributed by atoms with E-state index in [1.54, 1.807) is 7.05 Å². The molecule has 0 bridgehead atoms. The van der Waals surface area contributed by atoms with Gasteiger partial charge in [-0.25, -0.2) is 8.42 Å². The van der Waals surface area contributed by atoms with E-state index in [-0.39, 0.29) is 11.5 Å². The molecule has 1 N–H and O–H groups in total. The molecule has 1 aromatic rings. The zero-order chi connectivity index (χ0) is 11.6. The summed E-state index contributed by atoms with van der Waals surface area (Å²) in [5.41, 5.74) is 0. The zero-order valence-electron chi connectivity index (χ0n) is 9.01. The van der Waals surface area contributed by atoms with Crippen LogP contribution in [0.2, 0.25) is 0 Å². The number of anilines is 1. The Morgan fingerprint density at radius 3 is 2.62 bits per heavy atom. The normalized spacial score (nSPS) is 20.8. The van der Waals surface area contributed by atoms with E-state index in [9.17, 15) is 8.42 Å². The van der Waals surface area contributed by atoms with Crippen molar-refractivity contribution in [3.63, 3.8) is 0 Å². The van der Waals surface area contributed by atoms with E-state index < -0.39 is 9.84 Å². The van der Waals surface area contributed by atoms with Gasteiger partial charge in [0, 0.05) is 20.1 Å². The first-order valence-corrected chi connectivity index (χ1v) is 7.66. The number of nitrogens with one attached hydrogen (secondary N) is 1. The van der Waals surface area contributed by atoms with Crippen molar-refractivity contribution in [2.24, 2.45) is 0 Å². The highest BCUT2D eigenvalue weighted by Crippen LogP contribution is 2.17. The first kappa shape index (κ1) is 11.7. The van der Waals surface area contributed by atoms with Crippen LogP contribution in [0.3, 0.4) is 0 Å². The minimum atomic E-state index is -2.79. The van der Waals surface area contributed by atoms with Gasteiger partial charge >= 0.3 is 0 Å². The van der Waals surface area contributed by atoms with E-state index in [0.717, 1.165) is 10.1 Å². The smallest absolute Gasteiger partial charge is 0.205 e. The van der Waals surface area contributed by atoms with Crippen LogP contribution >= 0.6 is 11.3 Å². The maximum absolute atomic E-state index is 11.2. The van der Waals surface area contributed by atoms with E-state index in [1.807, 2.05) is 0 Å². The van der Waals surface area contributed by atoms with Crippen LogP contribution in [0.1, 0.15) is 5.01 Å². The lowest BCUT2D eigenvalue weighted by molar-refractivity contribution is 0.286. The Labute approximate surface area is 98.6 Å². The van der Waals surface area contributed by atoms with Crippen LogP contribution in [0.4, 0.5) is 5.13 Å². The molecule has 2 heterocycles. The van der Waals surface area contributed by atoms with Gasteiger partial charge in [0.2, 0.25) is 5.13 Å². The molecule has 2 rings (SSSR count). The second-order valence-corrected chi connectivity index (χ2v) is 7.04. The third-order valence-corrected chi connectivity index (χ3v) is 5.01. The molecule has 0 aromatic carbocycles. The minimum Gasteiger partial charge on any atom is -0.363 e.